The number of fused-ring (bicyclic) bond motifs is 1. The van der Waals surface area contributed by atoms with E-state index in [1.807, 2.05) is 0 Å². The first kappa shape index (κ1) is 29.4. The SMILES string of the molecule is COc1cc(Cl)cc(C=Nn2c(-c3cccc(C(F)(F)F)c3)nc3ccccc3c2=O)c1OCc1ccc(Cl)c(Cl)c1. The molecule has 0 N–H and O–H groups in total. The number of methoxy groups -OCH3 is 1. The lowest BCUT2D eigenvalue weighted by Crippen LogP contribution is -2.20. The average molecular weight is 633 g/mol. The first-order chi connectivity index (χ1) is 20.0. The van der Waals surface area contributed by atoms with Gasteiger partial charge in [-0.25, -0.2) is 4.98 Å². The number of hydrogen-bond acceptors (Lipinski definition) is 5. The van der Waals surface area contributed by atoms with E-state index in [0.717, 1.165) is 16.8 Å². The molecule has 12 heteroatoms. The zero-order valence-corrected chi connectivity index (χ0v) is 23.9. The van der Waals surface area contributed by atoms with Gasteiger partial charge < -0.3 is 9.47 Å². The van der Waals surface area contributed by atoms with E-state index >= 15 is 0 Å². The summed E-state index contributed by atoms with van der Waals surface area (Å²) in [6, 6.07) is 19.1. The molecule has 5 aromatic rings. The monoisotopic (exact) mass is 631 g/mol. The highest BCUT2D eigenvalue weighted by Crippen LogP contribution is 2.35. The van der Waals surface area contributed by atoms with Gasteiger partial charge in [0.05, 0.1) is 39.8 Å². The highest BCUT2D eigenvalue weighted by atomic mass is 35.5. The van der Waals surface area contributed by atoms with Crippen molar-refractivity contribution in [2.45, 2.75) is 12.8 Å². The van der Waals surface area contributed by atoms with Gasteiger partial charge in [-0.15, -0.1) is 0 Å². The number of aromatic nitrogens is 2. The van der Waals surface area contributed by atoms with Gasteiger partial charge in [-0.05, 0) is 48.0 Å². The molecule has 0 aliphatic carbocycles. The van der Waals surface area contributed by atoms with Crippen molar-refractivity contribution < 1.29 is 22.6 Å². The Balaban J connectivity index is 1.63. The van der Waals surface area contributed by atoms with Crippen molar-refractivity contribution in [1.82, 2.24) is 9.66 Å². The van der Waals surface area contributed by atoms with E-state index in [1.54, 1.807) is 54.6 Å². The van der Waals surface area contributed by atoms with Crippen LogP contribution in [0.3, 0.4) is 0 Å². The number of hydrogen-bond donors (Lipinski definition) is 0. The Labute approximate surface area is 252 Å². The Hall–Kier alpha value is -4.05. The van der Waals surface area contributed by atoms with Crippen molar-refractivity contribution in [2.75, 3.05) is 7.11 Å². The minimum absolute atomic E-state index is 0.0459. The van der Waals surface area contributed by atoms with Gasteiger partial charge in [0.25, 0.3) is 5.56 Å². The second-order valence-corrected chi connectivity index (χ2v) is 10.2. The Morgan fingerprint density at radius 2 is 1.74 bits per heavy atom. The van der Waals surface area contributed by atoms with Crippen LogP contribution in [0.5, 0.6) is 11.5 Å². The molecule has 214 valence electrons. The van der Waals surface area contributed by atoms with E-state index in [4.69, 9.17) is 44.3 Å². The fourth-order valence-electron chi connectivity index (χ4n) is 4.15. The molecule has 5 rings (SSSR count). The van der Waals surface area contributed by atoms with Crippen LogP contribution >= 0.6 is 34.8 Å². The summed E-state index contributed by atoms with van der Waals surface area (Å²) >= 11 is 18.5. The number of halogens is 6. The van der Waals surface area contributed by atoms with E-state index in [-0.39, 0.29) is 39.9 Å². The molecule has 0 unspecified atom stereocenters. The Kier molecular flexibility index (Phi) is 8.45. The standard InChI is InChI=1S/C30H19Cl3F3N3O3/c1-41-26-14-21(31)13-19(27(26)42-16-17-9-10-23(32)24(33)11-17)15-37-39-28(18-5-4-6-20(12-18)30(34,35)36)38-25-8-3-2-7-22(25)29(39)40/h2-15H,16H2,1H3. The van der Waals surface area contributed by atoms with Gasteiger partial charge in [-0.3, -0.25) is 4.79 Å². The Morgan fingerprint density at radius 3 is 2.48 bits per heavy atom. The molecule has 0 radical (unpaired) electrons. The molecule has 0 bridgehead atoms. The normalized spacial score (nSPS) is 11.8. The third-order valence-corrected chi connectivity index (χ3v) is 7.11. The summed E-state index contributed by atoms with van der Waals surface area (Å²) in [7, 11) is 1.43. The van der Waals surface area contributed by atoms with Crippen LogP contribution in [-0.2, 0) is 12.8 Å². The summed E-state index contributed by atoms with van der Waals surface area (Å²) in [4.78, 5) is 18.0. The predicted molar refractivity (Wildman–Crippen MR) is 158 cm³/mol. The Morgan fingerprint density at radius 1 is 0.952 bits per heavy atom. The lowest BCUT2D eigenvalue weighted by Gasteiger charge is -2.15. The first-order valence-electron chi connectivity index (χ1n) is 12.2. The van der Waals surface area contributed by atoms with Crippen LogP contribution in [0.1, 0.15) is 16.7 Å². The quantitative estimate of drug-likeness (QED) is 0.169. The average Bonchev–Trinajstić information content (AvgIpc) is 2.97. The van der Waals surface area contributed by atoms with E-state index in [2.05, 4.69) is 10.1 Å². The molecule has 0 saturated heterocycles. The van der Waals surface area contributed by atoms with Crippen LogP contribution in [0.4, 0.5) is 13.2 Å². The zero-order chi connectivity index (χ0) is 30.0. The molecule has 0 saturated carbocycles. The number of rotatable bonds is 7. The summed E-state index contributed by atoms with van der Waals surface area (Å²) in [6.45, 7) is 0.0721. The molecule has 42 heavy (non-hydrogen) atoms. The molecular formula is C30H19Cl3F3N3O3. The summed E-state index contributed by atoms with van der Waals surface area (Å²) in [6.07, 6.45) is -3.30. The van der Waals surface area contributed by atoms with Crippen LogP contribution in [0.15, 0.2) is 88.8 Å². The number of benzene rings is 4. The largest absolute Gasteiger partial charge is 0.493 e. The zero-order valence-electron chi connectivity index (χ0n) is 21.6. The fraction of sp³-hybridized carbons (Fsp3) is 0.100. The van der Waals surface area contributed by atoms with Gasteiger partial charge in [0, 0.05) is 22.2 Å². The van der Waals surface area contributed by atoms with Gasteiger partial charge in [-0.2, -0.15) is 22.9 Å². The highest BCUT2D eigenvalue weighted by Gasteiger charge is 2.31. The predicted octanol–water partition coefficient (Wildman–Crippen LogP) is 8.51. The third-order valence-electron chi connectivity index (χ3n) is 6.15. The van der Waals surface area contributed by atoms with Gasteiger partial charge in [-0.1, -0.05) is 65.1 Å². The lowest BCUT2D eigenvalue weighted by atomic mass is 10.1. The van der Waals surface area contributed by atoms with Gasteiger partial charge >= 0.3 is 6.18 Å². The highest BCUT2D eigenvalue weighted by molar-refractivity contribution is 6.42. The summed E-state index contributed by atoms with van der Waals surface area (Å²) < 4.78 is 53.0. The maximum absolute atomic E-state index is 13.6. The van der Waals surface area contributed by atoms with E-state index in [9.17, 15) is 18.0 Å². The minimum Gasteiger partial charge on any atom is -0.493 e. The lowest BCUT2D eigenvalue weighted by molar-refractivity contribution is -0.137. The van der Waals surface area contributed by atoms with Gasteiger partial charge in [0.15, 0.2) is 17.3 Å². The maximum atomic E-state index is 13.6. The second-order valence-electron chi connectivity index (χ2n) is 8.96. The topological polar surface area (TPSA) is 65.7 Å². The fourth-order valence-corrected chi connectivity index (χ4v) is 4.69. The summed E-state index contributed by atoms with van der Waals surface area (Å²) in [5.74, 6) is 0.443. The van der Waals surface area contributed by atoms with Crippen LogP contribution in [0, 0.1) is 0 Å². The van der Waals surface area contributed by atoms with Gasteiger partial charge in [0.1, 0.15) is 6.61 Å². The first-order valence-corrected chi connectivity index (χ1v) is 13.4. The summed E-state index contributed by atoms with van der Waals surface area (Å²) in [5.41, 5.74) is -0.0893. The minimum atomic E-state index is -4.60. The molecule has 0 aliphatic rings. The molecule has 0 spiro atoms. The van der Waals surface area contributed by atoms with Crippen molar-refractivity contribution >= 4 is 51.9 Å². The van der Waals surface area contributed by atoms with E-state index < -0.39 is 17.3 Å². The molecule has 0 aliphatic heterocycles. The maximum Gasteiger partial charge on any atom is 0.416 e. The second kappa shape index (κ2) is 12.1. The molecule has 0 amide bonds. The molecule has 0 atom stereocenters. The number of ether oxygens (including phenoxy) is 2. The van der Waals surface area contributed by atoms with Gasteiger partial charge in [0.2, 0.25) is 0 Å². The number of alkyl halides is 3. The van der Waals surface area contributed by atoms with Crippen molar-refractivity contribution in [3.8, 4) is 22.9 Å². The van der Waals surface area contributed by atoms with Crippen LogP contribution in [0.25, 0.3) is 22.3 Å². The molecule has 4 aromatic carbocycles. The van der Waals surface area contributed by atoms with Crippen molar-refractivity contribution in [1.29, 1.82) is 0 Å². The smallest absolute Gasteiger partial charge is 0.416 e. The van der Waals surface area contributed by atoms with Crippen molar-refractivity contribution in [3.63, 3.8) is 0 Å². The van der Waals surface area contributed by atoms with Crippen LogP contribution in [0.2, 0.25) is 15.1 Å². The van der Waals surface area contributed by atoms with E-state index in [1.165, 1.54) is 25.5 Å². The molecule has 6 nitrogen and oxygen atoms in total. The Bertz CT molecular complexity index is 1890. The van der Waals surface area contributed by atoms with Crippen molar-refractivity contribution in [3.05, 3.63) is 121 Å². The van der Waals surface area contributed by atoms with E-state index in [0.29, 0.717) is 26.7 Å². The number of nitrogens with zero attached hydrogens (tertiary/aromatic N) is 3. The number of para-hydroxylation sites is 1. The molecule has 1 heterocycles. The van der Waals surface area contributed by atoms with Crippen LogP contribution in [-0.4, -0.2) is 23.0 Å². The molecular weight excluding hydrogens is 614 g/mol. The summed E-state index contributed by atoms with van der Waals surface area (Å²) in [5, 5.41) is 5.62. The molecule has 0 fully saturated rings. The molecule has 1 aromatic heterocycles. The third kappa shape index (κ3) is 6.23. The van der Waals surface area contributed by atoms with Crippen molar-refractivity contribution in [2.24, 2.45) is 5.10 Å². The van der Waals surface area contributed by atoms with Crippen LogP contribution < -0.4 is 15.0 Å².